The van der Waals surface area contributed by atoms with Crippen LogP contribution in [-0.4, -0.2) is 80.0 Å². The lowest BCUT2D eigenvalue weighted by Gasteiger charge is -2.34. The molecule has 2 fully saturated rings. The average molecular weight is 345 g/mol. The fourth-order valence-corrected chi connectivity index (χ4v) is 3.54. The summed E-state index contributed by atoms with van der Waals surface area (Å²) in [6.45, 7) is 5.11. The van der Waals surface area contributed by atoms with Crippen LogP contribution in [0.4, 0.5) is 5.69 Å². The van der Waals surface area contributed by atoms with Crippen LogP contribution in [-0.2, 0) is 4.79 Å². The number of hydrogen-bond donors (Lipinski definition) is 1. The van der Waals surface area contributed by atoms with Gasteiger partial charge in [0.05, 0.1) is 5.92 Å². The van der Waals surface area contributed by atoms with Gasteiger partial charge in [-0.25, -0.2) is 0 Å². The highest BCUT2D eigenvalue weighted by Gasteiger charge is 2.29. The number of amides is 2. The van der Waals surface area contributed by atoms with Crippen molar-refractivity contribution in [1.29, 1.82) is 0 Å². The molecule has 1 atom stereocenters. The van der Waals surface area contributed by atoms with E-state index in [0.717, 1.165) is 44.7 Å². The molecule has 2 aliphatic heterocycles. The fraction of sp³-hybridized carbons (Fsp3) is 0.611. The summed E-state index contributed by atoms with van der Waals surface area (Å²) in [4.78, 5) is 35.4. The predicted molar refractivity (Wildman–Crippen MR) is 96.6 cm³/mol. The van der Waals surface area contributed by atoms with Gasteiger partial charge in [0, 0.05) is 58.2 Å². The Balaban J connectivity index is 1.70. The molecule has 0 spiro atoms. The highest BCUT2D eigenvalue weighted by molar-refractivity contribution is 5.93. The van der Waals surface area contributed by atoms with Gasteiger partial charge in [0.1, 0.15) is 5.69 Å². The maximum atomic E-state index is 12.8. The van der Waals surface area contributed by atoms with Crippen LogP contribution in [0.1, 0.15) is 23.3 Å². The molecule has 7 nitrogen and oxygen atoms in total. The van der Waals surface area contributed by atoms with Crippen molar-refractivity contribution >= 4 is 17.5 Å². The van der Waals surface area contributed by atoms with Gasteiger partial charge in [-0.15, -0.1) is 0 Å². The van der Waals surface area contributed by atoms with E-state index >= 15 is 0 Å². The highest BCUT2D eigenvalue weighted by atomic mass is 16.2. The number of likely N-dealkylation sites (tertiary alicyclic amines) is 1. The minimum Gasteiger partial charge on any atom is -0.369 e. The van der Waals surface area contributed by atoms with Gasteiger partial charge >= 0.3 is 0 Å². The van der Waals surface area contributed by atoms with Gasteiger partial charge in [-0.2, -0.15) is 0 Å². The summed E-state index contributed by atoms with van der Waals surface area (Å²) in [5.74, 6) is -0.190. The summed E-state index contributed by atoms with van der Waals surface area (Å²) in [5.41, 5.74) is 1.51. The summed E-state index contributed by atoms with van der Waals surface area (Å²) in [5, 5.41) is 2.69. The van der Waals surface area contributed by atoms with Crippen LogP contribution in [0.3, 0.4) is 0 Å². The molecule has 1 aromatic rings. The summed E-state index contributed by atoms with van der Waals surface area (Å²) in [6.07, 6.45) is 3.39. The van der Waals surface area contributed by atoms with E-state index in [0.29, 0.717) is 18.8 Å². The number of rotatable bonds is 3. The molecule has 0 unspecified atom stereocenters. The number of anilines is 1. The summed E-state index contributed by atoms with van der Waals surface area (Å²) in [7, 11) is 3.77. The Morgan fingerprint density at radius 2 is 1.96 bits per heavy atom. The van der Waals surface area contributed by atoms with E-state index in [1.165, 1.54) is 0 Å². The lowest BCUT2D eigenvalue weighted by Crippen LogP contribution is -2.45. The van der Waals surface area contributed by atoms with E-state index < -0.39 is 0 Å². The molecule has 2 aliphatic rings. The van der Waals surface area contributed by atoms with Crippen LogP contribution in [0.5, 0.6) is 0 Å². The second-order valence-corrected chi connectivity index (χ2v) is 6.89. The molecular weight excluding hydrogens is 318 g/mol. The first kappa shape index (κ1) is 17.7. The van der Waals surface area contributed by atoms with Crippen LogP contribution in [0.2, 0.25) is 0 Å². The molecule has 3 rings (SSSR count). The first-order valence-electron chi connectivity index (χ1n) is 8.99. The Hall–Kier alpha value is -2.15. The number of carbonyl (C=O) groups excluding carboxylic acids is 2. The van der Waals surface area contributed by atoms with Crippen molar-refractivity contribution in [3.05, 3.63) is 24.0 Å². The van der Waals surface area contributed by atoms with Gasteiger partial charge in [-0.1, -0.05) is 0 Å². The molecule has 1 aromatic heterocycles. The smallest absolute Gasteiger partial charge is 0.272 e. The molecule has 0 aromatic carbocycles. The lowest BCUT2D eigenvalue weighted by atomic mass is 9.97. The quantitative estimate of drug-likeness (QED) is 0.861. The normalized spacial score (nSPS) is 21.9. The van der Waals surface area contributed by atoms with E-state index in [2.05, 4.69) is 27.1 Å². The van der Waals surface area contributed by atoms with Crippen LogP contribution < -0.4 is 10.2 Å². The number of piperazine rings is 1. The first-order chi connectivity index (χ1) is 12.1. The van der Waals surface area contributed by atoms with Crippen molar-refractivity contribution in [3.63, 3.8) is 0 Å². The number of hydrogen-bond acceptors (Lipinski definition) is 5. The SMILES string of the molecule is CNC(=O)[C@H]1CCCN(C(=O)c2cc(N3CCN(C)CC3)ccn2)C1. The number of aromatic nitrogens is 1. The van der Waals surface area contributed by atoms with Gasteiger partial charge < -0.3 is 20.0 Å². The first-order valence-corrected chi connectivity index (χ1v) is 8.99. The lowest BCUT2D eigenvalue weighted by molar-refractivity contribution is -0.125. The predicted octanol–water partition coefficient (Wildman–Crippen LogP) is 0.432. The maximum Gasteiger partial charge on any atom is 0.272 e. The Labute approximate surface area is 149 Å². The fourth-order valence-electron chi connectivity index (χ4n) is 3.54. The van der Waals surface area contributed by atoms with Gasteiger partial charge in [0.15, 0.2) is 0 Å². The van der Waals surface area contributed by atoms with E-state index in [-0.39, 0.29) is 17.7 Å². The van der Waals surface area contributed by atoms with Crippen molar-refractivity contribution in [2.75, 3.05) is 58.3 Å². The van der Waals surface area contributed by atoms with Crippen LogP contribution in [0, 0.1) is 5.92 Å². The zero-order valence-corrected chi connectivity index (χ0v) is 15.1. The van der Waals surface area contributed by atoms with Crippen molar-refractivity contribution in [2.24, 2.45) is 5.92 Å². The molecule has 0 radical (unpaired) electrons. The summed E-state index contributed by atoms with van der Waals surface area (Å²) in [6, 6.07) is 3.85. The molecular formula is C18H27N5O2. The van der Waals surface area contributed by atoms with E-state index in [4.69, 9.17) is 0 Å². The number of pyridine rings is 1. The number of nitrogens with zero attached hydrogens (tertiary/aromatic N) is 4. The number of nitrogens with one attached hydrogen (secondary N) is 1. The number of carbonyl (C=O) groups is 2. The Kier molecular flexibility index (Phi) is 5.53. The minimum atomic E-state index is -0.122. The number of piperidine rings is 1. The molecule has 3 heterocycles. The van der Waals surface area contributed by atoms with Gasteiger partial charge in [-0.05, 0) is 32.0 Å². The van der Waals surface area contributed by atoms with Crippen molar-refractivity contribution in [3.8, 4) is 0 Å². The van der Waals surface area contributed by atoms with Crippen molar-refractivity contribution in [1.82, 2.24) is 20.1 Å². The molecule has 2 amide bonds. The summed E-state index contributed by atoms with van der Waals surface area (Å²) >= 11 is 0. The van der Waals surface area contributed by atoms with Crippen LogP contribution in [0.15, 0.2) is 18.3 Å². The Bertz CT molecular complexity index is 628. The van der Waals surface area contributed by atoms with Crippen molar-refractivity contribution in [2.45, 2.75) is 12.8 Å². The van der Waals surface area contributed by atoms with Gasteiger partial charge in [0.25, 0.3) is 5.91 Å². The van der Waals surface area contributed by atoms with Crippen LogP contribution >= 0.6 is 0 Å². The largest absolute Gasteiger partial charge is 0.369 e. The van der Waals surface area contributed by atoms with Crippen LogP contribution in [0.25, 0.3) is 0 Å². The maximum absolute atomic E-state index is 12.8. The zero-order chi connectivity index (χ0) is 17.8. The molecule has 2 saturated heterocycles. The third kappa shape index (κ3) is 4.10. The Morgan fingerprint density at radius 3 is 2.68 bits per heavy atom. The average Bonchev–Trinajstić information content (AvgIpc) is 2.67. The highest BCUT2D eigenvalue weighted by Crippen LogP contribution is 2.21. The Morgan fingerprint density at radius 1 is 1.20 bits per heavy atom. The van der Waals surface area contributed by atoms with E-state index in [9.17, 15) is 9.59 Å². The molecule has 0 saturated carbocycles. The van der Waals surface area contributed by atoms with Gasteiger partial charge in [-0.3, -0.25) is 14.6 Å². The molecule has 136 valence electrons. The second kappa shape index (κ2) is 7.82. The minimum absolute atomic E-state index is 0.0108. The van der Waals surface area contributed by atoms with E-state index in [1.54, 1.807) is 18.1 Å². The number of likely N-dealkylation sites (N-methyl/N-ethyl adjacent to an activating group) is 1. The topological polar surface area (TPSA) is 68.8 Å². The molecule has 7 heteroatoms. The summed E-state index contributed by atoms with van der Waals surface area (Å²) < 4.78 is 0. The molecule has 25 heavy (non-hydrogen) atoms. The second-order valence-electron chi connectivity index (χ2n) is 6.89. The van der Waals surface area contributed by atoms with E-state index in [1.807, 2.05) is 12.1 Å². The van der Waals surface area contributed by atoms with Gasteiger partial charge in [0.2, 0.25) is 5.91 Å². The standard InChI is InChI=1S/C18H27N5O2/c1-19-17(24)14-4-3-7-23(13-14)18(25)16-12-15(5-6-20-16)22-10-8-21(2)9-11-22/h5-6,12,14H,3-4,7-11,13H2,1-2H3,(H,19,24)/t14-/m0/s1. The molecule has 0 bridgehead atoms. The third-order valence-electron chi connectivity index (χ3n) is 5.16. The zero-order valence-electron chi connectivity index (χ0n) is 15.1. The molecule has 0 aliphatic carbocycles. The third-order valence-corrected chi connectivity index (χ3v) is 5.16. The monoisotopic (exact) mass is 345 g/mol. The van der Waals surface area contributed by atoms with Crippen molar-refractivity contribution < 1.29 is 9.59 Å². The molecule has 1 N–H and O–H groups in total.